The summed E-state index contributed by atoms with van der Waals surface area (Å²) in [6, 6.07) is 6.68. The molecule has 0 heterocycles. The topological polar surface area (TPSA) is 66.8 Å². The van der Waals surface area contributed by atoms with Crippen molar-refractivity contribution < 1.29 is 19.4 Å². The molecule has 0 aliphatic carbocycles. The number of amides is 1. The third-order valence-electron chi connectivity index (χ3n) is 3.75. The van der Waals surface area contributed by atoms with Gasteiger partial charge in [-0.25, -0.2) is 4.79 Å². The van der Waals surface area contributed by atoms with Crippen LogP contribution in [0.4, 0.5) is 0 Å². The van der Waals surface area contributed by atoms with E-state index in [0.29, 0.717) is 23.8 Å². The Labute approximate surface area is 131 Å². The number of carbonyl (C=O) groups is 2. The van der Waals surface area contributed by atoms with E-state index < -0.39 is 12.6 Å². The van der Waals surface area contributed by atoms with Gasteiger partial charge in [0.15, 0.2) is 6.61 Å². The van der Waals surface area contributed by atoms with Gasteiger partial charge in [0.2, 0.25) is 0 Å². The fraction of sp³-hybridized carbons (Fsp3) is 0.529. The van der Waals surface area contributed by atoms with Crippen molar-refractivity contribution in [3.8, 4) is 5.75 Å². The summed E-state index contributed by atoms with van der Waals surface area (Å²) in [4.78, 5) is 24.9. The first-order valence-electron chi connectivity index (χ1n) is 7.75. The molecule has 0 aliphatic rings. The Bertz CT molecular complexity index is 497. The average Bonchev–Trinajstić information content (AvgIpc) is 2.54. The van der Waals surface area contributed by atoms with Gasteiger partial charge in [-0.2, -0.15) is 0 Å². The number of carboxylic acid groups (broad SMARTS) is 1. The Hall–Kier alpha value is -2.04. The quantitative estimate of drug-likeness (QED) is 0.761. The first-order valence-corrected chi connectivity index (χ1v) is 7.75. The summed E-state index contributed by atoms with van der Waals surface area (Å²) in [5, 5.41) is 8.63. The van der Waals surface area contributed by atoms with Gasteiger partial charge in [0.1, 0.15) is 5.75 Å². The van der Waals surface area contributed by atoms with Crippen LogP contribution in [0.2, 0.25) is 0 Å². The molecule has 0 saturated carbocycles. The summed E-state index contributed by atoms with van der Waals surface area (Å²) in [5.74, 6) is -0.196. The molecule has 0 saturated heterocycles. The van der Waals surface area contributed by atoms with Crippen LogP contribution < -0.4 is 4.74 Å². The molecule has 5 nitrogen and oxygen atoms in total. The molecule has 1 amide bonds. The van der Waals surface area contributed by atoms with Crippen molar-refractivity contribution in [3.05, 3.63) is 29.8 Å². The number of carboxylic acids is 1. The van der Waals surface area contributed by atoms with Gasteiger partial charge >= 0.3 is 5.97 Å². The van der Waals surface area contributed by atoms with Crippen molar-refractivity contribution in [2.75, 3.05) is 19.7 Å². The third kappa shape index (κ3) is 5.39. The largest absolute Gasteiger partial charge is 0.482 e. The Balaban J connectivity index is 2.81. The number of benzene rings is 1. The number of ether oxygens (including phenoxy) is 1. The van der Waals surface area contributed by atoms with Crippen molar-refractivity contribution in [1.82, 2.24) is 4.90 Å². The summed E-state index contributed by atoms with van der Waals surface area (Å²) in [6.07, 6.45) is 2.09. The SMILES string of the molecule is CCC(CC)CN(CC)C(=O)c1cccc(OCC(=O)O)c1. The molecule has 0 fully saturated rings. The maximum atomic E-state index is 12.6. The molecule has 122 valence electrons. The van der Waals surface area contributed by atoms with Crippen LogP contribution in [-0.2, 0) is 4.79 Å². The summed E-state index contributed by atoms with van der Waals surface area (Å²) < 4.78 is 5.12. The highest BCUT2D eigenvalue weighted by atomic mass is 16.5. The second kappa shape index (κ2) is 9.07. The molecule has 1 rings (SSSR count). The molecule has 0 spiro atoms. The lowest BCUT2D eigenvalue weighted by molar-refractivity contribution is -0.139. The number of hydrogen-bond donors (Lipinski definition) is 1. The van der Waals surface area contributed by atoms with Crippen molar-refractivity contribution >= 4 is 11.9 Å². The van der Waals surface area contributed by atoms with E-state index >= 15 is 0 Å². The van der Waals surface area contributed by atoms with Crippen LogP contribution in [0.5, 0.6) is 5.75 Å². The lowest BCUT2D eigenvalue weighted by atomic mass is 10.0. The van der Waals surface area contributed by atoms with Gasteiger partial charge < -0.3 is 14.7 Å². The predicted molar refractivity (Wildman–Crippen MR) is 85.2 cm³/mol. The van der Waals surface area contributed by atoms with Crippen molar-refractivity contribution in [3.63, 3.8) is 0 Å². The summed E-state index contributed by atoms with van der Waals surface area (Å²) in [6.45, 7) is 7.20. The second-order valence-electron chi connectivity index (χ2n) is 5.24. The van der Waals surface area contributed by atoms with Crippen LogP contribution in [0.25, 0.3) is 0 Å². The van der Waals surface area contributed by atoms with Gasteiger partial charge in [-0.1, -0.05) is 32.8 Å². The van der Waals surface area contributed by atoms with Crippen LogP contribution in [0.3, 0.4) is 0 Å². The second-order valence-corrected chi connectivity index (χ2v) is 5.24. The fourth-order valence-electron chi connectivity index (χ4n) is 2.26. The zero-order chi connectivity index (χ0) is 16.5. The van der Waals surface area contributed by atoms with E-state index in [0.717, 1.165) is 19.4 Å². The van der Waals surface area contributed by atoms with E-state index in [-0.39, 0.29) is 5.91 Å². The summed E-state index contributed by atoms with van der Waals surface area (Å²) in [5.41, 5.74) is 0.524. The Morgan fingerprint density at radius 2 is 1.91 bits per heavy atom. The van der Waals surface area contributed by atoms with Crippen LogP contribution in [-0.4, -0.2) is 41.6 Å². The highest BCUT2D eigenvalue weighted by molar-refractivity contribution is 5.94. The molecule has 1 aromatic rings. The number of aliphatic carboxylic acids is 1. The Kier molecular flexibility index (Phi) is 7.43. The van der Waals surface area contributed by atoms with Crippen LogP contribution in [0, 0.1) is 5.92 Å². The molecule has 0 bridgehead atoms. The normalized spacial score (nSPS) is 10.5. The molecule has 1 N–H and O–H groups in total. The first-order chi connectivity index (χ1) is 10.5. The van der Waals surface area contributed by atoms with Crippen molar-refractivity contribution in [2.24, 2.45) is 5.92 Å². The molecule has 0 aromatic heterocycles. The van der Waals surface area contributed by atoms with Gasteiger partial charge in [-0.15, -0.1) is 0 Å². The third-order valence-corrected chi connectivity index (χ3v) is 3.75. The molecule has 1 aromatic carbocycles. The van der Waals surface area contributed by atoms with Crippen LogP contribution >= 0.6 is 0 Å². The highest BCUT2D eigenvalue weighted by Crippen LogP contribution is 2.17. The van der Waals surface area contributed by atoms with E-state index in [1.165, 1.54) is 0 Å². The summed E-state index contributed by atoms with van der Waals surface area (Å²) >= 11 is 0. The van der Waals surface area contributed by atoms with Gasteiger partial charge in [-0.05, 0) is 31.0 Å². The Morgan fingerprint density at radius 3 is 2.45 bits per heavy atom. The van der Waals surface area contributed by atoms with E-state index in [9.17, 15) is 9.59 Å². The van der Waals surface area contributed by atoms with E-state index in [1.807, 2.05) is 11.8 Å². The highest BCUT2D eigenvalue weighted by Gasteiger charge is 2.18. The minimum absolute atomic E-state index is 0.0461. The zero-order valence-electron chi connectivity index (χ0n) is 13.5. The Morgan fingerprint density at radius 1 is 1.23 bits per heavy atom. The monoisotopic (exact) mass is 307 g/mol. The van der Waals surface area contributed by atoms with Crippen molar-refractivity contribution in [1.29, 1.82) is 0 Å². The van der Waals surface area contributed by atoms with E-state index in [2.05, 4.69) is 13.8 Å². The predicted octanol–water partition coefficient (Wildman–Crippen LogP) is 3.05. The van der Waals surface area contributed by atoms with Crippen LogP contribution in [0.1, 0.15) is 44.0 Å². The van der Waals surface area contributed by atoms with Gasteiger partial charge in [-0.3, -0.25) is 4.79 Å². The molecule has 0 atom stereocenters. The standard InChI is InChI=1S/C17H25NO4/c1-4-13(5-2)11-18(6-3)17(21)14-8-7-9-15(10-14)22-12-16(19)20/h7-10,13H,4-6,11-12H2,1-3H3,(H,19,20). The molecule has 0 radical (unpaired) electrons. The fourth-order valence-corrected chi connectivity index (χ4v) is 2.26. The minimum Gasteiger partial charge on any atom is -0.482 e. The minimum atomic E-state index is -1.04. The molecule has 0 unspecified atom stereocenters. The number of rotatable bonds is 9. The van der Waals surface area contributed by atoms with Gasteiger partial charge in [0, 0.05) is 18.7 Å². The lowest BCUT2D eigenvalue weighted by Crippen LogP contribution is -2.35. The van der Waals surface area contributed by atoms with E-state index in [1.54, 1.807) is 24.3 Å². The first kappa shape index (κ1) is 18.0. The number of hydrogen-bond acceptors (Lipinski definition) is 3. The molecule has 22 heavy (non-hydrogen) atoms. The average molecular weight is 307 g/mol. The maximum absolute atomic E-state index is 12.6. The van der Waals surface area contributed by atoms with Gasteiger partial charge in [0.25, 0.3) is 5.91 Å². The number of carbonyl (C=O) groups excluding carboxylic acids is 1. The zero-order valence-corrected chi connectivity index (χ0v) is 13.5. The molecule has 0 aliphatic heterocycles. The van der Waals surface area contributed by atoms with Gasteiger partial charge in [0.05, 0.1) is 0 Å². The van der Waals surface area contributed by atoms with E-state index in [4.69, 9.17) is 9.84 Å². The molecular weight excluding hydrogens is 282 g/mol. The number of nitrogens with zero attached hydrogens (tertiary/aromatic N) is 1. The van der Waals surface area contributed by atoms with Crippen molar-refractivity contribution in [2.45, 2.75) is 33.6 Å². The maximum Gasteiger partial charge on any atom is 0.341 e. The van der Waals surface area contributed by atoms with Crippen LogP contribution in [0.15, 0.2) is 24.3 Å². The lowest BCUT2D eigenvalue weighted by Gasteiger charge is -2.25. The molecule has 5 heteroatoms. The molecular formula is C17H25NO4. The smallest absolute Gasteiger partial charge is 0.341 e. The summed E-state index contributed by atoms with van der Waals surface area (Å²) in [7, 11) is 0.